The molecule has 4 saturated carbocycles. The van der Waals surface area contributed by atoms with Crippen LogP contribution < -0.4 is 0 Å². The van der Waals surface area contributed by atoms with Crippen molar-refractivity contribution in [1.29, 1.82) is 0 Å². The van der Waals surface area contributed by atoms with E-state index in [9.17, 15) is 0 Å². The van der Waals surface area contributed by atoms with Crippen LogP contribution in [0.3, 0.4) is 0 Å². The van der Waals surface area contributed by atoms with Gasteiger partial charge in [0, 0.05) is 16.3 Å². The Labute approximate surface area is 216 Å². The minimum Gasteiger partial charge on any atom is -0.143 e. The summed E-state index contributed by atoms with van der Waals surface area (Å²) in [6, 6.07) is 0. The zero-order chi connectivity index (χ0) is 22.7. The van der Waals surface area contributed by atoms with Gasteiger partial charge in [0.2, 0.25) is 0 Å². The molecule has 1 aliphatic heterocycles. The number of rotatable bonds is 5. The van der Waals surface area contributed by atoms with Crippen molar-refractivity contribution in [2.75, 3.05) is 11.5 Å². The molecule has 0 radical (unpaired) electrons. The molecule has 1 spiro atoms. The third-order valence-electron chi connectivity index (χ3n) is 11.6. The third-order valence-corrected chi connectivity index (χ3v) is 16.1. The van der Waals surface area contributed by atoms with Gasteiger partial charge in [0.1, 0.15) is 0 Å². The van der Waals surface area contributed by atoms with Crippen LogP contribution >= 0.6 is 39.5 Å². The van der Waals surface area contributed by atoms with Gasteiger partial charge in [0.05, 0.1) is 4.08 Å². The highest BCUT2D eigenvalue weighted by Crippen LogP contribution is 2.74. The van der Waals surface area contributed by atoms with Crippen LogP contribution in [0.2, 0.25) is 0 Å². The van der Waals surface area contributed by atoms with Gasteiger partial charge >= 0.3 is 0 Å². The Balaban J connectivity index is 1.39. The average Bonchev–Trinajstić information content (AvgIpc) is 3.34. The van der Waals surface area contributed by atoms with E-state index in [1.165, 1.54) is 69.3 Å². The van der Waals surface area contributed by atoms with Crippen molar-refractivity contribution < 1.29 is 0 Å². The predicted octanol–water partition coefficient (Wildman–Crippen LogP) is 9.66. The van der Waals surface area contributed by atoms with Crippen molar-refractivity contribution in [3.05, 3.63) is 0 Å². The van der Waals surface area contributed by atoms with E-state index in [-0.39, 0.29) is 0 Å². The van der Waals surface area contributed by atoms with Gasteiger partial charge in [0.25, 0.3) is 0 Å². The lowest BCUT2D eigenvalue weighted by atomic mass is 9.44. The number of hydrogen-bond donors (Lipinski definition) is 0. The molecule has 0 amide bonds. The second-order valence-corrected chi connectivity index (χ2v) is 18.0. The van der Waals surface area contributed by atoms with Gasteiger partial charge in [-0.3, -0.25) is 0 Å². The summed E-state index contributed by atoms with van der Waals surface area (Å²) in [5.41, 5.74) is 1.23. The van der Waals surface area contributed by atoms with Crippen LogP contribution in [0.15, 0.2) is 0 Å². The van der Waals surface area contributed by atoms with Crippen molar-refractivity contribution >= 4 is 39.5 Å². The lowest BCUT2D eigenvalue weighted by Crippen LogP contribution is -2.60. The van der Waals surface area contributed by atoms with Gasteiger partial charge < -0.3 is 0 Å². The second-order valence-electron chi connectivity index (χ2n) is 13.6. The molecule has 0 aromatic rings. The fourth-order valence-corrected chi connectivity index (χ4v) is 14.6. The summed E-state index contributed by atoms with van der Waals surface area (Å²) in [7, 11) is 0. The van der Waals surface area contributed by atoms with Crippen LogP contribution in [0.25, 0.3) is 0 Å². The van der Waals surface area contributed by atoms with Crippen LogP contribution in [-0.2, 0) is 0 Å². The minimum atomic E-state index is 0.543. The van der Waals surface area contributed by atoms with Gasteiger partial charge in [-0.25, -0.2) is 0 Å². The SMILES string of the molecule is CC(C)CCC[C@@H](C)[C@H]1CC[C@H]2[C@@H]3CC4(SCCS4)[C@H]4C[C@@H](Br)CC[C@]4(C)[C@H]3CC[C@]12C. The first-order valence-corrected chi connectivity index (χ1v) is 17.0. The maximum Gasteiger partial charge on any atom is 0.0648 e. The Kier molecular flexibility index (Phi) is 7.18. The fourth-order valence-electron chi connectivity index (χ4n) is 10.1. The maximum atomic E-state index is 4.08. The topological polar surface area (TPSA) is 0 Å². The summed E-state index contributed by atoms with van der Waals surface area (Å²) in [4.78, 5) is 0.771. The molecule has 5 fully saturated rings. The Bertz CT molecular complexity index is 672. The summed E-state index contributed by atoms with van der Waals surface area (Å²) in [5, 5.41) is 0. The van der Waals surface area contributed by atoms with Crippen LogP contribution in [0.5, 0.6) is 0 Å². The van der Waals surface area contributed by atoms with Gasteiger partial charge in [-0.2, -0.15) is 0 Å². The molecular weight excluding hydrogens is 492 g/mol. The van der Waals surface area contributed by atoms with E-state index in [4.69, 9.17) is 0 Å². The van der Waals surface area contributed by atoms with Crippen molar-refractivity contribution in [2.45, 2.75) is 114 Å². The zero-order valence-electron chi connectivity index (χ0n) is 21.5. The molecule has 4 aliphatic carbocycles. The highest BCUT2D eigenvalue weighted by molar-refractivity contribution is 9.09. The van der Waals surface area contributed by atoms with Crippen molar-refractivity contribution in [2.24, 2.45) is 52.3 Å². The predicted molar refractivity (Wildman–Crippen MR) is 149 cm³/mol. The van der Waals surface area contributed by atoms with Gasteiger partial charge in [-0.15, -0.1) is 23.5 Å². The molecule has 0 bridgehead atoms. The van der Waals surface area contributed by atoms with Gasteiger partial charge in [-0.1, -0.05) is 69.8 Å². The van der Waals surface area contributed by atoms with E-state index in [1.54, 1.807) is 12.8 Å². The molecule has 32 heavy (non-hydrogen) atoms. The number of halogens is 1. The Morgan fingerprint density at radius 2 is 1.56 bits per heavy atom. The van der Waals surface area contributed by atoms with E-state index in [0.717, 1.165) is 46.3 Å². The van der Waals surface area contributed by atoms with Crippen LogP contribution in [0.1, 0.15) is 105 Å². The average molecular weight is 542 g/mol. The summed E-state index contributed by atoms with van der Waals surface area (Å²) < 4.78 is 0.543. The summed E-state index contributed by atoms with van der Waals surface area (Å²) >= 11 is 8.89. The van der Waals surface area contributed by atoms with Gasteiger partial charge in [0.15, 0.2) is 0 Å². The van der Waals surface area contributed by atoms with Crippen molar-refractivity contribution in [3.8, 4) is 0 Å². The van der Waals surface area contributed by atoms with Crippen LogP contribution in [0.4, 0.5) is 0 Å². The summed E-state index contributed by atoms with van der Waals surface area (Å²) in [6.45, 7) is 13.0. The van der Waals surface area contributed by atoms with E-state index >= 15 is 0 Å². The standard InChI is InChI=1S/C29H49BrS2/c1-19(2)7-6-8-20(3)23-9-10-24-22-18-29(31-15-16-32-29)26-17-21(30)11-13-28(26,5)25(22)12-14-27(23,24)4/h19-26H,6-18H2,1-5H3/t20-,21+,22+,23-,24+,25+,26+,27-,28-/m1/s1. The molecule has 1 heterocycles. The minimum absolute atomic E-state index is 0.543. The molecule has 184 valence electrons. The largest absolute Gasteiger partial charge is 0.143 e. The zero-order valence-corrected chi connectivity index (χ0v) is 24.7. The first-order chi connectivity index (χ1) is 15.2. The normalized spacial score (nSPS) is 48.5. The van der Waals surface area contributed by atoms with E-state index < -0.39 is 0 Å². The Morgan fingerprint density at radius 1 is 0.875 bits per heavy atom. The van der Waals surface area contributed by atoms with Gasteiger partial charge in [-0.05, 0) is 104 Å². The summed E-state index contributed by atoms with van der Waals surface area (Å²) in [5.74, 6) is 9.55. The van der Waals surface area contributed by atoms with E-state index in [1.807, 2.05) is 0 Å². The third kappa shape index (κ3) is 4.01. The van der Waals surface area contributed by atoms with Crippen LogP contribution in [-0.4, -0.2) is 20.4 Å². The first kappa shape index (κ1) is 24.9. The number of fused-ring (bicyclic) bond motifs is 6. The molecule has 5 rings (SSSR count). The smallest absolute Gasteiger partial charge is 0.0648 e. The highest BCUT2D eigenvalue weighted by Gasteiger charge is 2.66. The number of alkyl halides is 1. The number of hydrogen-bond acceptors (Lipinski definition) is 2. The monoisotopic (exact) mass is 540 g/mol. The fraction of sp³-hybridized carbons (Fsp3) is 1.00. The molecular formula is C29H49BrS2. The molecule has 0 N–H and O–H groups in total. The van der Waals surface area contributed by atoms with Crippen LogP contribution in [0, 0.1) is 52.3 Å². The van der Waals surface area contributed by atoms with Crippen molar-refractivity contribution in [3.63, 3.8) is 0 Å². The van der Waals surface area contributed by atoms with E-state index in [0.29, 0.717) is 14.9 Å². The number of thioether (sulfide) groups is 2. The summed E-state index contributed by atoms with van der Waals surface area (Å²) in [6.07, 6.45) is 16.4. The Morgan fingerprint density at radius 3 is 2.28 bits per heavy atom. The highest BCUT2D eigenvalue weighted by atomic mass is 79.9. The lowest BCUT2D eigenvalue weighted by Gasteiger charge is -2.65. The lowest BCUT2D eigenvalue weighted by molar-refractivity contribution is -0.114. The quantitative estimate of drug-likeness (QED) is 0.318. The molecule has 0 aromatic heterocycles. The molecule has 0 unspecified atom stereocenters. The molecule has 5 aliphatic rings. The molecule has 9 atom stereocenters. The maximum absolute atomic E-state index is 4.08. The molecule has 1 saturated heterocycles. The molecule has 3 heteroatoms. The second kappa shape index (κ2) is 9.24. The Hall–Kier alpha value is 1.18. The van der Waals surface area contributed by atoms with Crippen molar-refractivity contribution in [1.82, 2.24) is 0 Å². The first-order valence-electron chi connectivity index (χ1n) is 14.1. The molecule has 0 aromatic carbocycles. The van der Waals surface area contributed by atoms with E-state index in [2.05, 4.69) is 74.1 Å². The molecule has 0 nitrogen and oxygen atoms in total.